The smallest absolute Gasteiger partial charge is 0.407 e. The molecule has 112 valence electrons. The number of carbonyl (C=O) groups is 1. The minimum atomic E-state index is -0.439. The van der Waals surface area contributed by atoms with Gasteiger partial charge in [0.25, 0.3) is 0 Å². The number of rotatable bonds is 5. The average Bonchev–Trinajstić information content (AvgIpc) is 2.27. The van der Waals surface area contributed by atoms with E-state index in [1.54, 1.807) is 0 Å². The van der Waals surface area contributed by atoms with Crippen molar-refractivity contribution >= 4 is 6.09 Å². The van der Waals surface area contributed by atoms with Gasteiger partial charge in [-0.1, -0.05) is 0 Å². The van der Waals surface area contributed by atoms with E-state index in [-0.39, 0.29) is 12.1 Å². The number of ether oxygens (including phenoxy) is 1. The Morgan fingerprint density at radius 3 is 2.79 bits per heavy atom. The van der Waals surface area contributed by atoms with Crippen LogP contribution in [0.1, 0.15) is 40.5 Å². The highest BCUT2D eigenvalue weighted by Crippen LogP contribution is 2.08. The first-order valence-electron chi connectivity index (χ1n) is 7.28. The van der Waals surface area contributed by atoms with Gasteiger partial charge in [0, 0.05) is 12.6 Å². The Hall–Kier alpha value is -0.810. The molecule has 1 aliphatic heterocycles. The molecule has 1 rings (SSSR count). The van der Waals surface area contributed by atoms with Gasteiger partial charge in [-0.25, -0.2) is 4.79 Å². The van der Waals surface area contributed by atoms with Crippen molar-refractivity contribution in [1.29, 1.82) is 0 Å². The maximum atomic E-state index is 11.6. The van der Waals surface area contributed by atoms with Crippen molar-refractivity contribution in [3.8, 4) is 0 Å². The normalized spacial score (nSPS) is 21.8. The highest BCUT2D eigenvalue weighted by molar-refractivity contribution is 5.68. The lowest BCUT2D eigenvalue weighted by molar-refractivity contribution is 0.0508. The largest absolute Gasteiger partial charge is 0.444 e. The zero-order valence-electron chi connectivity index (χ0n) is 12.7. The van der Waals surface area contributed by atoms with Gasteiger partial charge in [-0.15, -0.1) is 0 Å². The Labute approximate surface area is 116 Å². The fourth-order valence-electron chi connectivity index (χ4n) is 2.16. The Morgan fingerprint density at radius 1 is 1.47 bits per heavy atom. The average molecular weight is 271 g/mol. The summed E-state index contributed by atoms with van der Waals surface area (Å²) in [6.07, 6.45) is 2.20. The molecule has 1 aliphatic rings. The molecule has 1 fully saturated rings. The summed E-state index contributed by atoms with van der Waals surface area (Å²) in [7, 11) is 0. The molecular formula is C14H29N3O2. The fraction of sp³-hybridized carbons (Fsp3) is 0.929. The van der Waals surface area contributed by atoms with Crippen LogP contribution in [0.2, 0.25) is 0 Å². The maximum Gasteiger partial charge on any atom is 0.407 e. The van der Waals surface area contributed by atoms with Crippen molar-refractivity contribution in [1.82, 2.24) is 16.0 Å². The summed E-state index contributed by atoms with van der Waals surface area (Å²) < 4.78 is 5.22. The molecule has 0 saturated carbocycles. The van der Waals surface area contributed by atoms with Crippen LogP contribution in [-0.2, 0) is 4.74 Å². The van der Waals surface area contributed by atoms with E-state index in [0.717, 1.165) is 26.2 Å². The van der Waals surface area contributed by atoms with Crippen molar-refractivity contribution in [2.45, 2.75) is 52.2 Å². The van der Waals surface area contributed by atoms with Crippen LogP contribution in [0.15, 0.2) is 0 Å². The van der Waals surface area contributed by atoms with Crippen LogP contribution in [0.25, 0.3) is 0 Å². The molecule has 5 heteroatoms. The van der Waals surface area contributed by atoms with E-state index in [9.17, 15) is 4.79 Å². The molecule has 0 aromatic heterocycles. The number of amides is 1. The minimum absolute atomic E-state index is 0.0754. The molecule has 5 nitrogen and oxygen atoms in total. The van der Waals surface area contributed by atoms with Gasteiger partial charge in [-0.3, -0.25) is 0 Å². The van der Waals surface area contributed by atoms with Gasteiger partial charge >= 0.3 is 6.09 Å². The zero-order valence-corrected chi connectivity index (χ0v) is 12.7. The van der Waals surface area contributed by atoms with Crippen LogP contribution >= 0.6 is 0 Å². The van der Waals surface area contributed by atoms with E-state index >= 15 is 0 Å². The van der Waals surface area contributed by atoms with E-state index in [1.807, 2.05) is 27.7 Å². The third-order valence-electron chi connectivity index (χ3n) is 3.05. The van der Waals surface area contributed by atoms with E-state index in [1.165, 1.54) is 12.8 Å². The third-order valence-corrected chi connectivity index (χ3v) is 3.05. The summed E-state index contributed by atoms with van der Waals surface area (Å²) in [5, 5.41) is 9.65. The summed E-state index contributed by atoms with van der Waals surface area (Å²) in [6, 6.07) is 0.0754. The molecule has 19 heavy (non-hydrogen) atoms. The summed E-state index contributed by atoms with van der Waals surface area (Å²) in [6.45, 7) is 11.6. The number of hydrogen-bond donors (Lipinski definition) is 3. The molecule has 0 radical (unpaired) electrons. The molecule has 3 N–H and O–H groups in total. The van der Waals surface area contributed by atoms with Gasteiger partial charge in [0.05, 0.1) is 0 Å². The van der Waals surface area contributed by atoms with Gasteiger partial charge in [-0.2, -0.15) is 0 Å². The van der Waals surface area contributed by atoms with E-state index in [0.29, 0.717) is 5.92 Å². The molecular weight excluding hydrogens is 242 g/mol. The van der Waals surface area contributed by atoms with Crippen LogP contribution in [0, 0.1) is 5.92 Å². The summed E-state index contributed by atoms with van der Waals surface area (Å²) in [5.74, 6) is 0.711. The number of carbonyl (C=O) groups excluding carboxylic acids is 1. The molecule has 1 heterocycles. The van der Waals surface area contributed by atoms with Gasteiger partial charge in [-0.05, 0) is 66.1 Å². The monoisotopic (exact) mass is 271 g/mol. The van der Waals surface area contributed by atoms with E-state index in [2.05, 4.69) is 16.0 Å². The summed E-state index contributed by atoms with van der Waals surface area (Å²) in [5.41, 5.74) is -0.439. The van der Waals surface area contributed by atoms with E-state index < -0.39 is 5.60 Å². The predicted octanol–water partition coefficient (Wildman–Crippen LogP) is 1.49. The third kappa shape index (κ3) is 8.06. The molecule has 2 atom stereocenters. The van der Waals surface area contributed by atoms with Crippen LogP contribution in [0.4, 0.5) is 4.79 Å². The highest BCUT2D eigenvalue weighted by Gasteiger charge is 2.18. The Bertz CT molecular complexity index is 270. The molecule has 0 spiro atoms. The second-order valence-electron chi connectivity index (χ2n) is 6.42. The topological polar surface area (TPSA) is 62.4 Å². The lowest BCUT2D eigenvalue weighted by Crippen LogP contribution is -2.44. The fourth-order valence-corrected chi connectivity index (χ4v) is 2.16. The predicted molar refractivity (Wildman–Crippen MR) is 77.3 cm³/mol. The SMILES string of the molecule is CC(CNCC1CCCNC1)NC(=O)OC(C)(C)C. The minimum Gasteiger partial charge on any atom is -0.444 e. The molecule has 0 aromatic rings. The van der Waals surface area contributed by atoms with Gasteiger partial charge < -0.3 is 20.7 Å². The summed E-state index contributed by atoms with van der Waals surface area (Å²) in [4.78, 5) is 11.6. The number of hydrogen-bond acceptors (Lipinski definition) is 4. The Kier molecular flexibility index (Phi) is 6.58. The van der Waals surface area contributed by atoms with E-state index in [4.69, 9.17) is 4.74 Å². The first-order valence-corrected chi connectivity index (χ1v) is 7.28. The molecule has 1 amide bonds. The second kappa shape index (κ2) is 7.70. The van der Waals surface area contributed by atoms with Crippen LogP contribution in [-0.4, -0.2) is 43.9 Å². The second-order valence-corrected chi connectivity index (χ2v) is 6.42. The molecule has 2 unspecified atom stereocenters. The highest BCUT2D eigenvalue weighted by atomic mass is 16.6. The zero-order chi connectivity index (χ0) is 14.3. The first kappa shape index (κ1) is 16.2. The van der Waals surface area contributed by atoms with Crippen molar-refractivity contribution in [2.24, 2.45) is 5.92 Å². The maximum absolute atomic E-state index is 11.6. The van der Waals surface area contributed by atoms with Gasteiger partial charge in [0.15, 0.2) is 0 Å². The lowest BCUT2D eigenvalue weighted by Gasteiger charge is -2.25. The quantitative estimate of drug-likeness (QED) is 0.709. The Morgan fingerprint density at radius 2 is 2.21 bits per heavy atom. The van der Waals surface area contributed by atoms with Crippen molar-refractivity contribution in [3.05, 3.63) is 0 Å². The van der Waals surface area contributed by atoms with Crippen molar-refractivity contribution in [2.75, 3.05) is 26.2 Å². The van der Waals surface area contributed by atoms with Crippen LogP contribution in [0.3, 0.4) is 0 Å². The molecule has 1 saturated heterocycles. The standard InChI is InChI=1S/C14H29N3O2/c1-11(17-13(18)19-14(2,3)4)8-16-10-12-6-5-7-15-9-12/h11-12,15-16H,5-10H2,1-4H3,(H,17,18). The van der Waals surface area contributed by atoms with Crippen molar-refractivity contribution in [3.63, 3.8) is 0 Å². The van der Waals surface area contributed by atoms with Gasteiger partial charge in [0.2, 0.25) is 0 Å². The van der Waals surface area contributed by atoms with Gasteiger partial charge in [0.1, 0.15) is 5.60 Å². The Balaban J connectivity index is 2.10. The number of piperidine rings is 1. The lowest BCUT2D eigenvalue weighted by atomic mass is 10.00. The summed E-state index contributed by atoms with van der Waals surface area (Å²) >= 11 is 0. The number of nitrogens with one attached hydrogen (secondary N) is 3. The molecule has 0 aliphatic carbocycles. The molecule has 0 bridgehead atoms. The van der Waals surface area contributed by atoms with Crippen LogP contribution < -0.4 is 16.0 Å². The van der Waals surface area contributed by atoms with Crippen LogP contribution in [0.5, 0.6) is 0 Å². The van der Waals surface area contributed by atoms with Crippen molar-refractivity contribution < 1.29 is 9.53 Å². The first-order chi connectivity index (χ1) is 8.87. The number of alkyl carbamates (subject to hydrolysis) is 1. The molecule has 0 aromatic carbocycles.